The van der Waals surface area contributed by atoms with Gasteiger partial charge in [-0.2, -0.15) is 0 Å². The molecule has 0 spiro atoms. The van der Waals surface area contributed by atoms with Gasteiger partial charge in [0.2, 0.25) is 0 Å². The Kier molecular flexibility index (Phi) is 11.4. The van der Waals surface area contributed by atoms with Crippen LogP contribution in [-0.4, -0.2) is 18.4 Å². The van der Waals surface area contributed by atoms with Gasteiger partial charge in [0.15, 0.2) is 5.78 Å². The molecular weight excluding hydrogens is 460 g/mol. The molecular formula is C33H36O4. The van der Waals surface area contributed by atoms with Crippen molar-refractivity contribution >= 4 is 23.4 Å². The van der Waals surface area contributed by atoms with E-state index in [0.717, 1.165) is 67.6 Å². The number of allylic oxidation sites excluding steroid dienone is 2. The fourth-order valence-corrected chi connectivity index (χ4v) is 3.80. The number of hydrogen-bond acceptors (Lipinski definition) is 4. The summed E-state index contributed by atoms with van der Waals surface area (Å²) >= 11 is 0. The van der Waals surface area contributed by atoms with Gasteiger partial charge in [-0.15, -0.1) is 0 Å². The molecule has 0 amide bonds. The zero-order valence-electron chi connectivity index (χ0n) is 21.7. The number of carbonyl (C=O) groups is 2. The van der Waals surface area contributed by atoms with E-state index in [2.05, 4.69) is 6.58 Å². The second-order valence-electron chi connectivity index (χ2n) is 9.13. The van der Waals surface area contributed by atoms with E-state index in [1.807, 2.05) is 61.5 Å². The Balaban J connectivity index is 1.23. The van der Waals surface area contributed by atoms with Crippen molar-refractivity contribution in [2.24, 2.45) is 0 Å². The van der Waals surface area contributed by atoms with E-state index in [4.69, 9.17) is 9.47 Å². The molecule has 0 aromatic heterocycles. The van der Waals surface area contributed by atoms with Crippen molar-refractivity contribution in [1.29, 1.82) is 0 Å². The van der Waals surface area contributed by atoms with Crippen LogP contribution in [0.15, 0.2) is 91.5 Å². The number of unbranched alkanes of at least 4 members (excludes halogenated alkanes) is 5. The number of esters is 1. The molecule has 0 radical (unpaired) electrons. The van der Waals surface area contributed by atoms with Crippen LogP contribution in [0.25, 0.3) is 11.6 Å². The SMILES string of the molecule is C=C(C)c1ccc(OCCCCCCCCC(=O)Oc2ccc(C=CC(=O)c3ccccc3)cc2)cc1. The first kappa shape index (κ1) is 27.7. The van der Waals surface area contributed by atoms with Crippen LogP contribution in [0.4, 0.5) is 0 Å². The number of rotatable bonds is 15. The molecule has 3 rings (SSSR count). The monoisotopic (exact) mass is 496 g/mol. The van der Waals surface area contributed by atoms with E-state index in [1.165, 1.54) is 0 Å². The maximum absolute atomic E-state index is 12.2. The highest BCUT2D eigenvalue weighted by atomic mass is 16.5. The molecule has 4 nitrogen and oxygen atoms in total. The van der Waals surface area contributed by atoms with Crippen LogP contribution >= 0.6 is 0 Å². The van der Waals surface area contributed by atoms with Gasteiger partial charge in [-0.1, -0.05) is 98.5 Å². The third-order valence-corrected chi connectivity index (χ3v) is 5.99. The Morgan fingerprint density at radius 3 is 2.03 bits per heavy atom. The maximum Gasteiger partial charge on any atom is 0.311 e. The van der Waals surface area contributed by atoms with E-state index in [1.54, 1.807) is 36.4 Å². The Morgan fingerprint density at radius 1 is 0.730 bits per heavy atom. The van der Waals surface area contributed by atoms with E-state index < -0.39 is 0 Å². The van der Waals surface area contributed by atoms with Crippen molar-refractivity contribution in [2.45, 2.75) is 51.9 Å². The molecule has 0 fully saturated rings. The Morgan fingerprint density at radius 2 is 1.35 bits per heavy atom. The highest BCUT2D eigenvalue weighted by Crippen LogP contribution is 2.18. The summed E-state index contributed by atoms with van der Waals surface area (Å²) in [5, 5.41) is 0. The zero-order valence-corrected chi connectivity index (χ0v) is 21.7. The molecule has 0 aliphatic heterocycles. The lowest BCUT2D eigenvalue weighted by Crippen LogP contribution is -2.07. The Labute approximate surface area is 220 Å². The van der Waals surface area contributed by atoms with Crippen LogP contribution in [0, 0.1) is 0 Å². The molecule has 192 valence electrons. The molecule has 0 atom stereocenters. The number of benzene rings is 3. The van der Waals surface area contributed by atoms with Gasteiger partial charge in [-0.3, -0.25) is 9.59 Å². The summed E-state index contributed by atoms with van der Waals surface area (Å²) in [6, 6.07) is 24.4. The molecule has 0 aliphatic rings. The summed E-state index contributed by atoms with van der Waals surface area (Å²) in [5.41, 5.74) is 3.71. The second kappa shape index (κ2) is 15.2. The lowest BCUT2D eigenvalue weighted by atomic mass is 10.1. The normalized spacial score (nSPS) is 10.8. The predicted octanol–water partition coefficient (Wildman–Crippen LogP) is 8.33. The average molecular weight is 497 g/mol. The van der Waals surface area contributed by atoms with Crippen LogP contribution in [0.3, 0.4) is 0 Å². The Bertz CT molecular complexity index is 1160. The molecule has 0 bridgehead atoms. The molecule has 0 unspecified atom stereocenters. The van der Waals surface area contributed by atoms with E-state index in [-0.39, 0.29) is 11.8 Å². The van der Waals surface area contributed by atoms with Crippen LogP contribution in [0.1, 0.15) is 73.4 Å². The predicted molar refractivity (Wildman–Crippen MR) is 151 cm³/mol. The van der Waals surface area contributed by atoms with Crippen LogP contribution in [0.2, 0.25) is 0 Å². The van der Waals surface area contributed by atoms with Gasteiger partial charge in [0.1, 0.15) is 11.5 Å². The van der Waals surface area contributed by atoms with Crippen molar-refractivity contribution < 1.29 is 19.1 Å². The number of carbonyl (C=O) groups excluding carboxylic acids is 2. The van der Waals surface area contributed by atoms with E-state index >= 15 is 0 Å². The minimum absolute atomic E-state index is 0.0470. The van der Waals surface area contributed by atoms with Gasteiger partial charge in [0, 0.05) is 12.0 Å². The molecule has 37 heavy (non-hydrogen) atoms. The molecule has 3 aromatic carbocycles. The Hall–Kier alpha value is -3.92. The minimum atomic E-state index is -0.214. The molecule has 0 saturated carbocycles. The third-order valence-electron chi connectivity index (χ3n) is 5.99. The van der Waals surface area contributed by atoms with Crippen molar-refractivity contribution in [3.63, 3.8) is 0 Å². The fourth-order valence-electron chi connectivity index (χ4n) is 3.80. The van der Waals surface area contributed by atoms with E-state index in [0.29, 0.717) is 17.7 Å². The highest BCUT2D eigenvalue weighted by Gasteiger charge is 2.05. The largest absolute Gasteiger partial charge is 0.494 e. The highest BCUT2D eigenvalue weighted by molar-refractivity contribution is 6.06. The van der Waals surface area contributed by atoms with Crippen molar-refractivity contribution in [3.05, 3.63) is 108 Å². The summed E-state index contributed by atoms with van der Waals surface area (Å²) in [5.74, 6) is 1.15. The quantitative estimate of drug-likeness (QED) is 0.0698. The first-order chi connectivity index (χ1) is 18.0. The average Bonchev–Trinajstić information content (AvgIpc) is 2.92. The summed E-state index contributed by atoms with van der Waals surface area (Å²) in [6.45, 7) is 6.66. The minimum Gasteiger partial charge on any atom is -0.494 e. The van der Waals surface area contributed by atoms with Crippen LogP contribution < -0.4 is 9.47 Å². The van der Waals surface area contributed by atoms with Gasteiger partial charge in [-0.25, -0.2) is 0 Å². The number of hydrogen-bond donors (Lipinski definition) is 0. The van der Waals surface area contributed by atoms with Gasteiger partial charge in [0.25, 0.3) is 0 Å². The lowest BCUT2D eigenvalue weighted by molar-refractivity contribution is -0.134. The van der Waals surface area contributed by atoms with Crippen molar-refractivity contribution in [1.82, 2.24) is 0 Å². The summed E-state index contributed by atoms with van der Waals surface area (Å²) in [4.78, 5) is 24.3. The molecule has 0 aliphatic carbocycles. The molecule has 4 heteroatoms. The third kappa shape index (κ3) is 10.3. The second-order valence-corrected chi connectivity index (χ2v) is 9.13. The van der Waals surface area contributed by atoms with Gasteiger partial charge in [0.05, 0.1) is 6.61 Å². The van der Waals surface area contributed by atoms with Crippen LogP contribution in [-0.2, 0) is 4.79 Å². The standard InChI is InChI=1S/C33H36O4/c1-26(2)28-18-22-30(23-19-28)36-25-11-6-4-3-5-10-14-33(35)37-31-20-15-27(16-21-31)17-24-32(34)29-12-8-7-9-13-29/h7-9,12-13,15-24H,1,3-6,10-11,14,25H2,2H3. The first-order valence-electron chi connectivity index (χ1n) is 13.0. The topological polar surface area (TPSA) is 52.6 Å². The fraction of sp³-hybridized carbons (Fsp3) is 0.273. The smallest absolute Gasteiger partial charge is 0.311 e. The first-order valence-corrected chi connectivity index (χ1v) is 13.0. The van der Waals surface area contributed by atoms with E-state index in [9.17, 15) is 9.59 Å². The molecule has 3 aromatic rings. The maximum atomic E-state index is 12.2. The lowest BCUT2D eigenvalue weighted by Gasteiger charge is -2.07. The molecule has 0 N–H and O–H groups in total. The number of ether oxygens (including phenoxy) is 2. The van der Waals surface area contributed by atoms with Gasteiger partial charge < -0.3 is 9.47 Å². The number of ketones is 1. The summed E-state index contributed by atoms with van der Waals surface area (Å²) in [6.07, 6.45) is 9.93. The van der Waals surface area contributed by atoms with Gasteiger partial charge in [-0.05, 0) is 61.2 Å². The van der Waals surface area contributed by atoms with Crippen molar-refractivity contribution in [2.75, 3.05) is 6.61 Å². The molecule has 0 heterocycles. The summed E-state index contributed by atoms with van der Waals surface area (Å²) < 4.78 is 11.2. The molecule has 0 saturated heterocycles. The van der Waals surface area contributed by atoms with Crippen molar-refractivity contribution in [3.8, 4) is 11.5 Å². The summed E-state index contributed by atoms with van der Waals surface area (Å²) in [7, 11) is 0. The van der Waals surface area contributed by atoms with Gasteiger partial charge >= 0.3 is 5.97 Å². The zero-order chi connectivity index (χ0) is 26.3. The van der Waals surface area contributed by atoms with Crippen LogP contribution in [0.5, 0.6) is 11.5 Å².